The second-order valence-corrected chi connectivity index (χ2v) is 8.86. The lowest BCUT2D eigenvalue weighted by Crippen LogP contribution is -2.54. The van der Waals surface area contributed by atoms with Crippen LogP contribution in [0.1, 0.15) is 39.5 Å². The molecular weight excluding hydrogens is 363 g/mol. The lowest BCUT2D eigenvalue weighted by molar-refractivity contribution is -0.993. The number of carbonyl (C=O) groups excluding carboxylic acids is 1. The van der Waals surface area contributed by atoms with Crippen molar-refractivity contribution in [3.63, 3.8) is 0 Å². The van der Waals surface area contributed by atoms with Crippen molar-refractivity contribution in [3.8, 4) is 0 Å². The van der Waals surface area contributed by atoms with E-state index in [4.69, 9.17) is 11.6 Å². The minimum Gasteiger partial charge on any atom is -0.480 e. The summed E-state index contributed by atoms with van der Waals surface area (Å²) in [5.41, 5.74) is 6.04. The molecule has 0 aromatic heterocycles. The Labute approximate surface area is 163 Å². The van der Waals surface area contributed by atoms with Crippen LogP contribution in [0.25, 0.3) is 0 Å². The van der Waals surface area contributed by atoms with E-state index in [0.29, 0.717) is 25.1 Å². The average Bonchev–Trinajstić information content (AvgIpc) is 3.45. The van der Waals surface area contributed by atoms with Crippen molar-refractivity contribution >= 4 is 11.8 Å². The van der Waals surface area contributed by atoms with E-state index in [1.807, 2.05) is 11.8 Å². The molecule has 2 aliphatic heterocycles. The zero-order valence-corrected chi connectivity index (χ0v) is 16.3. The van der Waals surface area contributed by atoms with Gasteiger partial charge < -0.3 is 15.7 Å². The van der Waals surface area contributed by atoms with Crippen molar-refractivity contribution in [2.24, 2.45) is 28.8 Å². The number of nitrogens with zero attached hydrogens (tertiary/aromatic N) is 2. The van der Waals surface area contributed by atoms with Gasteiger partial charge in [-0.05, 0) is 49.7 Å². The summed E-state index contributed by atoms with van der Waals surface area (Å²) in [7, 11) is 0. The number of fused-ring (bicyclic) bond motifs is 1. The van der Waals surface area contributed by atoms with Crippen LogP contribution in [0.5, 0.6) is 0 Å². The van der Waals surface area contributed by atoms with Gasteiger partial charge in [-0.2, -0.15) is 0 Å². The van der Waals surface area contributed by atoms with Gasteiger partial charge in [-0.15, -0.1) is 5.84 Å². The zero-order valence-electron chi connectivity index (χ0n) is 16.3. The molecule has 0 aromatic carbocycles. The van der Waals surface area contributed by atoms with Gasteiger partial charge in [0, 0.05) is 40.4 Å². The fraction of sp³-hybridized carbons (Fsp3) is 0.600. The Morgan fingerprint density at radius 3 is 2.64 bits per heavy atom. The van der Waals surface area contributed by atoms with E-state index >= 15 is 4.48 Å². The van der Waals surface area contributed by atoms with Crippen molar-refractivity contribution in [2.45, 2.75) is 45.6 Å². The Kier molecular flexibility index (Phi) is 4.30. The summed E-state index contributed by atoms with van der Waals surface area (Å²) in [4.78, 5) is 25.6. The third-order valence-electron chi connectivity index (χ3n) is 6.69. The van der Waals surface area contributed by atoms with E-state index in [1.54, 1.807) is 6.92 Å². The summed E-state index contributed by atoms with van der Waals surface area (Å²) in [5.74, 6) is 4.97. The van der Waals surface area contributed by atoms with E-state index in [9.17, 15) is 14.7 Å². The Morgan fingerprint density at radius 1 is 1.39 bits per heavy atom. The number of hydrogen-bond acceptors (Lipinski definition) is 5. The van der Waals surface area contributed by atoms with Gasteiger partial charge in [0.2, 0.25) is 5.70 Å². The maximum absolute atomic E-state index is 15.6. The zero-order chi connectivity index (χ0) is 20.4. The molecule has 4 aliphatic rings. The molecule has 1 saturated heterocycles. The van der Waals surface area contributed by atoms with Crippen molar-refractivity contribution < 1.29 is 24.0 Å². The summed E-state index contributed by atoms with van der Waals surface area (Å²) in [6, 6.07) is 0.0237. The van der Waals surface area contributed by atoms with Crippen LogP contribution in [0.4, 0.5) is 4.48 Å². The molecule has 0 spiro atoms. The normalized spacial score (nSPS) is 38.8. The van der Waals surface area contributed by atoms with Gasteiger partial charge in [0.05, 0.1) is 0 Å². The highest BCUT2D eigenvalue weighted by molar-refractivity contribution is 6.01. The molecule has 152 valence electrons. The molecule has 0 amide bonds. The molecular formula is C20H28FN4O3+. The van der Waals surface area contributed by atoms with Gasteiger partial charge in [-0.3, -0.25) is 9.59 Å². The minimum absolute atomic E-state index is 0.00628. The second kappa shape index (κ2) is 6.23. The van der Waals surface area contributed by atoms with E-state index in [1.165, 1.54) is 6.08 Å². The van der Waals surface area contributed by atoms with Crippen LogP contribution < -0.4 is 11.6 Å². The summed E-state index contributed by atoms with van der Waals surface area (Å²) in [6.07, 6.45) is 4.95. The smallest absolute Gasteiger partial charge is 0.318 e. The third-order valence-corrected chi connectivity index (χ3v) is 6.69. The number of likely N-dealkylation sites (tertiary alicyclic amines) is 1. The molecule has 2 aliphatic carbocycles. The first kappa shape index (κ1) is 19.3. The number of quaternary nitrogens is 1. The number of halogens is 1. The Morgan fingerprint density at radius 2 is 2.07 bits per heavy atom. The first-order valence-corrected chi connectivity index (χ1v) is 9.89. The van der Waals surface area contributed by atoms with Gasteiger partial charge >= 0.3 is 5.97 Å². The molecule has 4 rings (SSSR count). The van der Waals surface area contributed by atoms with Crippen molar-refractivity contribution in [2.75, 3.05) is 13.1 Å². The molecule has 4 atom stereocenters. The molecule has 1 saturated carbocycles. The van der Waals surface area contributed by atoms with Gasteiger partial charge in [0.15, 0.2) is 12.0 Å². The van der Waals surface area contributed by atoms with Gasteiger partial charge in [0.25, 0.3) is 0 Å². The van der Waals surface area contributed by atoms with Crippen molar-refractivity contribution in [1.82, 2.24) is 4.90 Å². The first-order valence-electron chi connectivity index (χ1n) is 9.89. The molecule has 5 N–H and O–H groups in total. The predicted octanol–water partition coefficient (Wildman–Crippen LogP) is 1.74. The summed E-state index contributed by atoms with van der Waals surface area (Å²) in [6.45, 7) is 4.61. The fourth-order valence-electron chi connectivity index (χ4n) is 4.73. The molecule has 8 heteroatoms. The molecule has 2 heterocycles. The SMILES string of the molecule is CC1CN(C2=C3C(=C(C4CC4)CC2=O)C(C)(C(=O)O)C=C[N+]3(N)F)CCC1N. The van der Waals surface area contributed by atoms with Crippen LogP contribution in [-0.4, -0.2) is 45.7 Å². The highest BCUT2D eigenvalue weighted by Crippen LogP contribution is 2.54. The van der Waals surface area contributed by atoms with Gasteiger partial charge in [-0.25, -0.2) is 0 Å². The third kappa shape index (κ3) is 2.82. The van der Waals surface area contributed by atoms with E-state index in [-0.39, 0.29) is 41.5 Å². The topological polar surface area (TPSA) is 110 Å². The van der Waals surface area contributed by atoms with Crippen LogP contribution in [0.2, 0.25) is 0 Å². The summed E-state index contributed by atoms with van der Waals surface area (Å²) >= 11 is 0. The molecule has 2 fully saturated rings. The number of carboxylic acids is 1. The van der Waals surface area contributed by atoms with Gasteiger partial charge in [-0.1, -0.05) is 6.92 Å². The number of carbonyl (C=O) groups is 2. The maximum Gasteiger partial charge on any atom is 0.318 e. The molecule has 4 unspecified atom stereocenters. The van der Waals surface area contributed by atoms with Crippen LogP contribution in [-0.2, 0) is 9.59 Å². The number of piperidine rings is 1. The van der Waals surface area contributed by atoms with Crippen LogP contribution in [0.3, 0.4) is 0 Å². The number of rotatable bonds is 3. The van der Waals surface area contributed by atoms with E-state index in [2.05, 4.69) is 0 Å². The largest absolute Gasteiger partial charge is 0.480 e. The Balaban J connectivity index is 1.95. The van der Waals surface area contributed by atoms with Crippen LogP contribution in [0.15, 0.2) is 34.8 Å². The number of hydrogen-bond donors (Lipinski definition) is 3. The monoisotopic (exact) mass is 391 g/mol. The summed E-state index contributed by atoms with van der Waals surface area (Å²) < 4.78 is 15.6. The lowest BCUT2D eigenvalue weighted by Gasteiger charge is -2.43. The molecule has 0 aromatic rings. The number of Topliss-reactive ketones (excluding diaryl/α,β-unsaturated/α-hetero) is 1. The Hall–Kier alpha value is -2.03. The Bertz CT molecular complexity index is 842. The first-order chi connectivity index (χ1) is 13.1. The number of nitrogens with two attached hydrogens (primary N) is 2. The van der Waals surface area contributed by atoms with Crippen LogP contribution in [0, 0.1) is 17.3 Å². The molecule has 0 radical (unpaired) electrons. The van der Waals surface area contributed by atoms with Gasteiger partial charge in [0.1, 0.15) is 11.1 Å². The average molecular weight is 391 g/mol. The number of carboxylic acid groups (broad SMARTS) is 1. The minimum atomic E-state index is -1.60. The lowest BCUT2D eigenvalue weighted by atomic mass is 9.71. The van der Waals surface area contributed by atoms with Crippen molar-refractivity contribution in [1.29, 1.82) is 0 Å². The van der Waals surface area contributed by atoms with Crippen molar-refractivity contribution in [3.05, 3.63) is 34.8 Å². The fourth-order valence-corrected chi connectivity index (χ4v) is 4.73. The molecule has 7 nitrogen and oxygen atoms in total. The predicted molar refractivity (Wildman–Crippen MR) is 100 cm³/mol. The number of allylic oxidation sites excluding steroid dienone is 3. The quantitative estimate of drug-likeness (QED) is 0.499. The molecule has 0 bridgehead atoms. The van der Waals surface area contributed by atoms with Crippen LogP contribution >= 0.6 is 0 Å². The highest BCUT2D eigenvalue weighted by Gasteiger charge is 2.57. The second-order valence-electron chi connectivity index (χ2n) is 8.86. The molecule has 28 heavy (non-hydrogen) atoms. The summed E-state index contributed by atoms with van der Waals surface area (Å²) in [5, 5.41) is 9.97. The number of aliphatic carboxylic acids is 1. The highest BCUT2D eigenvalue weighted by atomic mass is 19.2. The van der Waals surface area contributed by atoms with E-state index in [0.717, 1.165) is 24.6 Å². The van der Waals surface area contributed by atoms with E-state index < -0.39 is 16.2 Å². The standard InChI is InChI=1S/C20H27FN4O3/c1-11-10-24(7-5-14(11)22)17-15(26)9-13(12-3-4-12)16-18(17)25(21,23)8-6-20(16,2)19(27)28/h6,8,11-12,14H,3-5,7,9-10,22-23H2,1-2H3/p+1. The maximum atomic E-state index is 15.6. The number of ketones is 1.